The van der Waals surface area contributed by atoms with Crippen molar-refractivity contribution < 1.29 is 13.2 Å². The Labute approximate surface area is 177 Å². The minimum absolute atomic E-state index is 0.0108. The lowest BCUT2D eigenvalue weighted by molar-refractivity contribution is 0.0936. The van der Waals surface area contributed by atoms with E-state index < -0.39 is 10.0 Å². The van der Waals surface area contributed by atoms with Gasteiger partial charge in [-0.05, 0) is 85.3 Å². The fourth-order valence-electron chi connectivity index (χ4n) is 3.73. The molecule has 154 valence electrons. The summed E-state index contributed by atoms with van der Waals surface area (Å²) in [5, 5.41) is 3.08. The predicted molar refractivity (Wildman–Crippen MR) is 118 cm³/mol. The Morgan fingerprint density at radius 1 is 0.933 bits per heavy atom. The van der Waals surface area contributed by atoms with Gasteiger partial charge >= 0.3 is 0 Å². The first-order valence-corrected chi connectivity index (χ1v) is 11.4. The van der Waals surface area contributed by atoms with Crippen molar-refractivity contribution in [3.63, 3.8) is 0 Å². The number of sulfonamides is 1. The minimum Gasteiger partial charge on any atom is -0.345 e. The number of nitrogens with one attached hydrogen (secondary N) is 2. The van der Waals surface area contributed by atoms with Gasteiger partial charge in [0.25, 0.3) is 15.9 Å². The highest BCUT2D eigenvalue weighted by Crippen LogP contribution is 2.31. The molecular weight excluding hydrogens is 396 g/mol. The van der Waals surface area contributed by atoms with E-state index in [1.165, 1.54) is 11.1 Å². The average molecular weight is 421 g/mol. The molecule has 0 heterocycles. The summed E-state index contributed by atoms with van der Waals surface area (Å²) < 4.78 is 27.9. The summed E-state index contributed by atoms with van der Waals surface area (Å²) in [5.74, 6) is -0.166. The Balaban J connectivity index is 1.45. The van der Waals surface area contributed by atoms with Gasteiger partial charge in [0.2, 0.25) is 0 Å². The maximum atomic E-state index is 12.6. The zero-order chi connectivity index (χ0) is 21.3. The molecule has 1 aliphatic carbocycles. The van der Waals surface area contributed by atoms with Crippen LogP contribution < -0.4 is 10.0 Å². The Hall–Kier alpha value is -3.12. The smallest absolute Gasteiger partial charge is 0.261 e. The van der Waals surface area contributed by atoms with E-state index in [-0.39, 0.29) is 16.8 Å². The molecule has 30 heavy (non-hydrogen) atoms. The number of hydrogen-bond acceptors (Lipinski definition) is 3. The molecule has 0 saturated carbocycles. The molecule has 3 aromatic rings. The van der Waals surface area contributed by atoms with Crippen molar-refractivity contribution in [1.29, 1.82) is 0 Å². The molecule has 0 saturated heterocycles. The van der Waals surface area contributed by atoms with E-state index in [1.54, 1.807) is 42.5 Å². The first-order chi connectivity index (χ1) is 14.3. The molecule has 3 aromatic carbocycles. The van der Waals surface area contributed by atoms with Crippen LogP contribution in [-0.4, -0.2) is 14.3 Å². The molecular formula is C24H24N2O3S. The van der Waals surface area contributed by atoms with Gasteiger partial charge in [0.15, 0.2) is 0 Å². The molecule has 5 nitrogen and oxygen atoms in total. The quantitative estimate of drug-likeness (QED) is 0.637. The first kappa shape index (κ1) is 20.2. The number of benzene rings is 3. The molecule has 0 radical (unpaired) electrons. The highest BCUT2D eigenvalue weighted by Gasteiger charge is 2.24. The normalized spacial score (nSPS) is 15.5. The van der Waals surface area contributed by atoms with Gasteiger partial charge < -0.3 is 5.32 Å². The van der Waals surface area contributed by atoms with Crippen LogP contribution in [0.15, 0.2) is 71.6 Å². The Bertz CT molecular complexity index is 1200. The van der Waals surface area contributed by atoms with Gasteiger partial charge in [-0.25, -0.2) is 8.42 Å². The average Bonchev–Trinajstić information content (AvgIpc) is 3.13. The topological polar surface area (TPSA) is 75.3 Å². The lowest BCUT2D eigenvalue weighted by Gasteiger charge is -2.14. The van der Waals surface area contributed by atoms with Crippen LogP contribution >= 0.6 is 0 Å². The number of fused-ring (bicyclic) bond motifs is 1. The highest BCUT2D eigenvalue weighted by atomic mass is 32.2. The van der Waals surface area contributed by atoms with Gasteiger partial charge in [-0.3, -0.25) is 9.52 Å². The molecule has 0 fully saturated rings. The summed E-state index contributed by atoms with van der Waals surface area (Å²) in [6.07, 6.45) is 1.85. The Kier molecular flexibility index (Phi) is 5.35. The minimum atomic E-state index is -3.69. The Morgan fingerprint density at radius 3 is 2.40 bits per heavy atom. The van der Waals surface area contributed by atoms with Gasteiger partial charge in [0.1, 0.15) is 0 Å². The predicted octanol–water partition coefficient (Wildman–Crippen LogP) is 4.52. The molecule has 1 aliphatic rings. The molecule has 0 bridgehead atoms. The lowest BCUT2D eigenvalue weighted by Crippen LogP contribution is -2.27. The van der Waals surface area contributed by atoms with Crippen LogP contribution in [0.5, 0.6) is 0 Å². The van der Waals surface area contributed by atoms with Gasteiger partial charge in [-0.1, -0.05) is 30.3 Å². The van der Waals surface area contributed by atoms with E-state index >= 15 is 0 Å². The van der Waals surface area contributed by atoms with Crippen molar-refractivity contribution in [2.45, 2.75) is 37.6 Å². The SMILES string of the molecule is Cc1ccc(S(=O)(=O)Nc2ccc(C(=O)NC3CCc4ccccc43)cc2)cc1C. The molecule has 0 aromatic heterocycles. The monoisotopic (exact) mass is 420 g/mol. The third-order valence-electron chi connectivity index (χ3n) is 5.63. The third-order valence-corrected chi connectivity index (χ3v) is 7.01. The fraction of sp³-hybridized carbons (Fsp3) is 0.208. The largest absolute Gasteiger partial charge is 0.345 e. The first-order valence-electron chi connectivity index (χ1n) is 9.92. The third kappa shape index (κ3) is 4.09. The van der Waals surface area contributed by atoms with Crippen LogP contribution in [0.25, 0.3) is 0 Å². The number of carbonyl (C=O) groups is 1. The molecule has 2 N–H and O–H groups in total. The molecule has 4 rings (SSSR count). The van der Waals surface area contributed by atoms with Gasteiger partial charge in [-0.2, -0.15) is 0 Å². The van der Waals surface area contributed by atoms with Crippen LogP contribution in [0.4, 0.5) is 5.69 Å². The van der Waals surface area contributed by atoms with E-state index in [0.29, 0.717) is 11.3 Å². The Morgan fingerprint density at radius 2 is 1.67 bits per heavy atom. The van der Waals surface area contributed by atoms with E-state index in [4.69, 9.17) is 0 Å². The van der Waals surface area contributed by atoms with Crippen LogP contribution in [-0.2, 0) is 16.4 Å². The number of rotatable bonds is 5. The summed E-state index contributed by atoms with van der Waals surface area (Å²) in [4.78, 5) is 12.9. The van der Waals surface area contributed by atoms with Crippen molar-refractivity contribution in [3.8, 4) is 0 Å². The van der Waals surface area contributed by atoms with Gasteiger partial charge in [0, 0.05) is 11.3 Å². The summed E-state index contributed by atoms with van der Waals surface area (Å²) in [6.45, 7) is 3.82. The maximum Gasteiger partial charge on any atom is 0.261 e. The number of carbonyl (C=O) groups excluding carboxylic acids is 1. The van der Waals surface area contributed by atoms with Crippen molar-refractivity contribution in [1.82, 2.24) is 5.32 Å². The summed E-state index contributed by atoms with van der Waals surface area (Å²) in [5.41, 5.74) is 5.31. The molecule has 1 atom stereocenters. The van der Waals surface area contributed by atoms with Crippen LogP contribution in [0.2, 0.25) is 0 Å². The second kappa shape index (κ2) is 7.95. The van der Waals surface area contributed by atoms with Crippen LogP contribution in [0, 0.1) is 13.8 Å². The van der Waals surface area contributed by atoms with E-state index in [9.17, 15) is 13.2 Å². The number of aryl methyl sites for hydroxylation is 3. The van der Waals surface area contributed by atoms with Crippen molar-refractivity contribution in [3.05, 3.63) is 94.5 Å². The van der Waals surface area contributed by atoms with Crippen molar-refractivity contribution in [2.75, 3.05) is 4.72 Å². The van der Waals surface area contributed by atoms with Gasteiger partial charge in [0.05, 0.1) is 10.9 Å². The van der Waals surface area contributed by atoms with Gasteiger partial charge in [-0.15, -0.1) is 0 Å². The fourth-order valence-corrected chi connectivity index (χ4v) is 4.88. The molecule has 0 spiro atoms. The zero-order valence-electron chi connectivity index (χ0n) is 17.0. The molecule has 1 amide bonds. The van der Waals surface area contributed by atoms with E-state index in [2.05, 4.69) is 22.2 Å². The second-order valence-corrected chi connectivity index (χ2v) is 9.37. The van der Waals surface area contributed by atoms with Crippen molar-refractivity contribution >= 4 is 21.6 Å². The molecule has 1 unspecified atom stereocenters. The number of anilines is 1. The standard InChI is InChI=1S/C24H24N2O3S/c1-16-7-13-21(15-17(16)2)30(28,29)26-20-11-8-19(9-12-20)24(27)25-23-14-10-18-5-3-4-6-22(18)23/h3-9,11-13,15,23,26H,10,14H2,1-2H3,(H,25,27). The van der Waals surface area contributed by atoms with Crippen LogP contribution in [0.3, 0.4) is 0 Å². The zero-order valence-corrected chi connectivity index (χ0v) is 17.8. The molecule has 0 aliphatic heterocycles. The highest BCUT2D eigenvalue weighted by molar-refractivity contribution is 7.92. The van der Waals surface area contributed by atoms with E-state index in [1.807, 2.05) is 26.0 Å². The number of hydrogen-bond donors (Lipinski definition) is 2. The van der Waals surface area contributed by atoms with E-state index in [0.717, 1.165) is 24.0 Å². The van der Waals surface area contributed by atoms with Crippen molar-refractivity contribution in [2.24, 2.45) is 0 Å². The summed E-state index contributed by atoms with van der Waals surface area (Å²) >= 11 is 0. The molecule has 6 heteroatoms. The van der Waals surface area contributed by atoms with Crippen LogP contribution in [0.1, 0.15) is 45.1 Å². The maximum absolute atomic E-state index is 12.6. The lowest BCUT2D eigenvalue weighted by atomic mass is 10.1. The summed E-state index contributed by atoms with van der Waals surface area (Å²) in [6, 6.07) is 19.7. The second-order valence-electron chi connectivity index (χ2n) is 7.69. The number of amides is 1. The summed E-state index contributed by atoms with van der Waals surface area (Å²) in [7, 11) is -3.69.